The van der Waals surface area contributed by atoms with Crippen LogP contribution in [0.3, 0.4) is 0 Å². The predicted molar refractivity (Wildman–Crippen MR) is 62.3 cm³/mol. The van der Waals surface area contributed by atoms with Gasteiger partial charge in [0, 0.05) is 13.0 Å². The first kappa shape index (κ1) is 12.7. The zero-order valence-electron chi connectivity index (χ0n) is 9.59. The van der Waals surface area contributed by atoms with E-state index in [1.807, 2.05) is 6.07 Å². The molecule has 1 rings (SSSR count). The summed E-state index contributed by atoms with van der Waals surface area (Å²) >= 11 is 0. The lowest BCUT2D eigenvalue weighted by Crippen LogP contribution is -2.14. The molecule has 0 saturated carbocycles. The molecule has 0 bridgehead atoms. The second kappa shape index (κ2) is 6.97. The minimum atomic E-state index is -0.155. The molecule has 1 N–H and O–H groups in total. The molecule has 0 aliphatic heterocycles. The summed E-state index contributed by atoms with van der Waals surface area (Å²) in [6.45, 7) is 3.43. The lowest BCUT2D eigenvalue weighted by atomic mass is 10.1. The second-order valence-electron chi connectivity index (χ2n) is 3.88. The van der Waals surface area contributed by atoms with Gasteiger partial charge in [0.2, 0.25) is 0 Å². The number of nitriles is 1. The van der Waals surface area contributed by atoms with Gasteiger partial charge in [-0.15, -0.1) is 0 Å². The van der Waals surface area contributed by atoms with Gasteiger partial charge in [-0.1, -0.05) is 12.1 Å². The van der Waals surface area contributed by atoms with Crippen LogP contribution in [0.25, 0.3) is 0 Å². The Morgan fingerprint density at radius 3 is 2.88 bits per heavy atom. The Bertz CT molecular complexity index is 369. The van der Waals surface area contributed by atoms with Crippen molar-refractivity contribution in [3.8, 4) is 6.07 Å². The minimum absolute atomic E-state index is 0.155. The third kappa shape index (κ3) is 4.41. The van der Waals surface area contributed by atoms with Crippen LogP contribution in [-0.2, 0) is 6.54 Å². The van der Waals surface area contributed by atoms with Crippen molar-refractivity contribution in [3.05, 3.63) is 35.1 Å². The third-order valence-electron chi connectivity index (χ3n) is 2.44. The number of aryl methyl sites for hydroxylation is 1. The third-order valence-corrected chi connectivity index (χ3v) is 2.44. The highest BCUT2D eigenvalue weighted by Crippen LogP contribution is 2.08. The van der Waals surface area contributed by atoms with Crippen LogP contribution in [0.5, 0.6) is 0 Å². The fourth-order valence-corrected chi connectivity index (χ4v) is 1.50. The molecule has 0 aromatic heterocycles. The molecule has 0 saturated heterocycles. The van der Waals surface area contributed by atoms with E-state index in [0.29, 0.717) is 12.0 Å². The van der Waals surface area contributed by atoms with Crippen LogP contribution in [0.2, 0.25) is 0 Å². The van der Waals surface area contributed by atoms with E-state index in [-0.39, 0.29) is 5.82 Å². The molecule has 1 aromatic rings. The SMILES string of the molecule is Cc1cc(CNCCCCC#N)ccc1F. The molecule has 0 fully saturated rings. The van der Waals surface area contributed by atoms with Crippen LogP contribution in [0, 0.1) is 24.1 Å². The molecule has 0 amide bonds. The van der Waals surface area contributed by atoms with Crippen molar-refractivity contribution < 1.29 is 4.39 Å². The Morgan fingerprint density at radius 2 is 2.19 bits per heavy atom. The van der Waals surface area contributed by atoms with Crippen molar-refractivity contribution in [3.63, 3.8) is 0 Å². The van der Waals surface area contributed by atoms with Gasteiger partial charge < -0.3 is 5.32 Å². The monoisotopic (exact) mass is 220 g/mol. The van der Waals surface area contributed by atoms with E-state index >= 15 is 0 Å². The number of hydrogen-bond donors (Lipinski definition) is 1. The highest BCUT2D eigenvalue weighted by atomic mass is 19.1. The number of nitrogens with zero attached hydrogens (tertiary/aromatic N) is 1. The van der Waals surface area contributed by atoms with Crippen molar-refractivity contribution in [2.24, 2.45) is 0 Å². The van der Waals surface area contributed by atoms with E-state index in [2.05, 4.69) is 11.4 Å². The summed E-state index contributed by atoms with van der Waals surface area (Å²) in [5.41, 5.74) is 1.78. The fourth-order valence-electron chi connectivity index (χ4n) is 1.50. The summed E-state index contributed by atoms with van der Waals surface area (Å²) in [5, 5.41) is 11.6. The van der Waals surface area contributed by atoms with E-state index in [1.165, 1.54) is 6.07 Å². The number of nitrogens with one attached hydrogen (secondary N) is 1. The van der Waals surface area contributed by atoms with E-state index in [4.69, 9.17) is 5.26 Å². The fraction of sp³-hybridized carbons (Fsp3) is 0.462. The first-order valence-corrected chi connectivity index (χ1v) is 5.56. The Morgan fingerprint density at radius 1 is 1.38 bits per heavy atom. The van der Waals surface area contributed by atoms with Crippen LogP contribution in [-0.4, -0.2) is 6.54 Å². The van der Waals surface area contributed by atoms with Gasteiger partial charge in [0.1, 0.15) is 5.82 Å². The standard InChI is InChI=1S/C13H17FN2/c1-11-9-12(5-6-13(11)14)10-16-8-4-2-3-7-15/h5-6,9,16H,2-4,8,10H2,1H3. The van der Waals surface area contributed by atoms with Gasteiger partial charge in [-0.3, -0.25) is 0 Å². The maximum absolute atomic E-state index is 13.0. The minimum Gasteiger partial charge on any atom is -0.313 e. The molecule has 0 radical (unpaired) electrons. The van der Waals surface area contributed by atoms with Crippen LogP contribution < -0.4 is 5.32 Å². The van der Waals surface area contributed by atoms with E-state index < -0.39 is 0 Å². The number of benzene rings is 1. The Labute approximate surface area is 96.1 Å². The van der Waals surface area contributed by atoms with Gasteiger partial charge in [0.05, 0.1) is 6.07 Å². The van der Waals surface area contributed by atoms with Gasteiger partial charge in [0.25, 0.3) is 0 Å². The molecule has 16 heavy (non-hydrogen) atoms. The zero-order chi connectivity index (χ0) is 11.8. The zero-order valence-corrected chi connectivity index (χ0v) is 9.59. The quantitative estimate of drug-likeness (QED) is 0.748. The average molecular weight is 220 g/mol. The normalized spacial score (nSPS) is 10.1. The van der Waals surface area contributed by atoms with E-state index in [0.717, 1.165) is 31.5 Å². The number of halogens is 1. The predicted octanol–water partition coefficient (Wildman–Crippen LogP) is 2.92. The number of rotatable bonds is 6. The van der Waals surface area contributed by atoms with Crippen LogP contribution in [0.15, 0.2) is 18.2 Å². The molecular formula is C13H17FN2. The molecule has 0 aliphatic carbocycles. The maximum Gasteiger partial charge on any atom is 0.126 e. The summed E-state index contributed by atoms with van der Waals surface area (Å²) < 4.78 is 13.0. The first-order valence-electron chi connectivity index (χ1n) is 5.56. The summed E-state index contributed by atoms with van der Waals surface area (Å²) in [4.78, 5) is 0. The Kier molecular flexibility index (Phi) is 5.52. The second-order valence-corrected chi connectivity index (χ2v) is 3.88. The van der Waals surface area contributed by atoms with Gasteiger partial charge in [0.15, 0.2) is 0 Å². The Hall–Kier alpha value is -1.40. The van der Waals surface area contributed by atoms with Crippen molar-refractivity contribution >= 4 is 0 Å². The highest BCUT2D eigenvalue weighted by molar-refractivity contribution is 5.23. The van der Waals surface area contributed by atoms with Crippen molar-refractivity contribution in [1.82, 2.24) is 5.32 Å². The van der Waals surface area contributed by atoms with Gasteiger partial charge in [-0.25, -0.2) is 4.39 Å². The smallest absolute Gasteiger partial charge is 0.126 e. The molecule has 0 aliphatic rings. The molecule has 0 heterocycles. The van der Waals surface area contributed by atoms with E-state index in [1.54, 1.807) is 13.0 Å². The molecule has 3 heteroatoms. The molecule has 0 spiro atoms. The molecular weight excluding hydrogens is 203 g/mol. The number of unbranched alkanes of at least 4 members (excludes halogenated alkanes) is 2. The van der Waals surface area contributed by atoms with Gasteiger partial charge in [-0.2, -0.15) is 5.26 Å². The lowest BCUT2D eigenvalue weighted by Gasteiger charge is -2.05. The summed E-state index contributed by atoms with van der Waals surface area (Å²) in [5.74, 6) is -0.155. The van der Waals surface area contributed by atoms with Gasteiger partial charge >= 0.3 is 0 Å². The van der Waals surface area contributed by atoms with Gasteiger partial charge in [-0.05, 0) is 43.5 Å². The largest absolute Gasteiger partial charge is 0.313 e. The van der Waals surface area contributed by atoms with Crippen molar-refractivity contribution in [1.29, 1.82) is 5.26 Å². The van der Waals surface area contributed by atoms with Crippen LogP contribution in [0.4, 0.5) is 4.39 Å². The average Bonchev–Trinajstić information content (AvgIpc) is 2.28. The molecule has 0 unspecified atom stereocenters. The highest BCUT2D eigenvalue weighted by Gasteiger charge is 1.98. The lowest BCUT2D eigenvalue weighted by molar-refractivity contribution is 0.610. The topological polar surface area (TPSA) is 35.8 Å². The van der Waals surface area contributed by atoms with Crippen molar-refractivity contribution in [2.75, 3.05) is 6.54 Å². The summed E-state index contributed by atoms with van der Waals surface area (Å²) in [6.07, 6.45) is 2.57. The molecule has 86 valence electrons. The number of hydrogen-bond acceptors (Lipinski definition) is 2. The summed E-state index contributed by atoms with van der Waals surface area (Å²) in [6, 6.07) is 7.28. The van der Waals surface area contributed by atoms with Crippen LogP contribution in [0.1, 0.15) is 30.4 Å². The maximum atomic E-state index is 13.0. The molecule has 0 atom stereocenters. The van der Waals surface area contributed by atoms with E-state index in [9.17, 15) is 4.39 Å². The van der Waals surface area contributed by atoms with Crippen molar-refractivity contribution in [2.45, 2.75) is 32.7 Å². The van der Waals surface area contributed by atoms with Crippen LogP contribution >= 0.6 is 0 Å². The molecule has 2 nitrogen and oxygen atoms in total. The first-order chi connectivity index (χ1) is 7.74. The Balaban J connectivity index is 2.22. The summed E-state index contributed by atoms with van der Waals surface area (Å²) in [7, 11) is 0. The molecule has 1 aromatic carbocycles.